The first-order valence-corrected chi connectivity index (χ1v) is 13.0. The number of aromatic nitrogens is 2. The summed E-state index contributed by atoms with van der Waals surface area (Å²) >= 11 is 0. The molecule has 6 nitrogen and oxygen atoms in total. The molecule has 0 amide bonds. The Kier molecular flexibility index (Phi) is 8.39. The molecule has 3 aromatic rings. The average Bonchev–Trinajstić information content (AvgIpc) is 2.86. The molecule has 1 aliphatic heterocycles. The fraction of sp³-hybridized carbons (Fsp3) is 0.467. The molecule has 1 atom stereocenters. The van der Waals surface area contributed by atoms with E-state index in [1.807, 2.05) is 39.0 Å². The minimum Gasteiger partial charge on any atom is -0.389 e. The van der Waals surface area contributed by atoms with Crippen molar-refractivity contribution in [3.8, 4) is 11.4 Å². The smallest absolute Gasteiger partial charge is 0.161 e. The molecule has 2 aromatic carbocycles. The van der Waals surface area contributed by atoms with Crippen molar-refractivity contribution in [3.63, 3.8) is 0 Å². The molecular formula is C30H40N4O2. The third kappa shape index (κ3) is 6.90. The van der Waals surface area contributed by atoms with Gasteiger partial charge in [0.2, 0.25) is 0 Å². The molecule has 0 unspecified atom stereocenters. The summed E-state index contributed by atoms with van der Waals surface area (Å²) in [5, 5.41) is 10.5. The minimum absolute atomic E-state index is 0.242. The van der Waals surface area contributed by atoms with Crippen molar-refractivity contribution in [2.45, 2.75) is 52.7 Å². The fourth-order valence-electron chi connectivity index (χ4n) is 4.60. The Bertz CT molecular complexity index is 1140. The maximum Gasteiger partial charge on any atom is 0.161 e. The number of hydrogen-bond acceptors (Lipinski definition) is 6. The Hall–Kier alpha value is -2.80. The second kappa shape index (κ2) is 11.5. The summed E-state index contributed by atoms with van der Waals surface area (Å²) in [4.78, 5) is 14.8. The highest BCUT2D eigenvalue weighted by molar-refractivity contribution is 5.61. The molecule has 1 aliphatic rings. The zero-order chi connectivity index (χ0) is 25.7. The van der Waals surface area contributed by atoms with Crippen LogP contribution in [-0.4, -0.2) is 71.0 Å². The van der Waals surface area contributed by atoms with E-state index >= 15 is 0 Å². The van der Waals surface area contributed by atoms with Gasteiger partial charge in [0.15, 0.2) is 5.82 Å². The molecule has 192 valence electrons. The van der Waals surface area contributed by atoms with Gasteiger partial charge in [0.25, 0.3) is 0 Å². The maximum atomic E-state index is 10.5. The van der Waals surface area contributed by atoms with Crippen molar-refractivity contribution >= 4 is 5.82 Å². The number of hydrogen-bond donors (Lipinski definition) is 1. The predicted molar refractivity (Wildman–Crippen MR) is 147 cm³/mol. The molecule has 0 aliphatic carbocycles. The van der Waals surface area contributed by atoms with Gasteiger partial charge in [-0.05, 0) is 45.7 Å². The molecule has 36 heavy (non-hydrogen) atoms. The van der Waals surface area contributed by atoms with Crippen molar-refractivity contribution in [1.82, 2.24) is 14.9 Å². The van der Waals surface area contributed by atoms with Gasteiger partial charge < -0.3 is 14.7 Å². The number of benzene rings is 2. The molecular weight excluding hydrogens is 448 g/mol. The number of aryl methyl sites for hydroxylation is 2. The SMILES string of the molecule is Cc1ccccc1Cc1c(C)nc(-c2ccccc2)nc1N1CCN(C[C@@H](O)COC(C)(C)C)CC1. The summed E-state index contributed by atoms with van der Waals surface area (Å²) in [5.74, 6) is 1.80. The van der Waals surface area contributed by atoms with E-state index in [9.17, 15) is 5.11 Å². The molecule has 2 heterocycles. The van der Waals surface area contributed by atoms with E-state index in [4.69, 9.17) is 14.7 Å². The van der Waals surface area contributed by atoms with Crippen LogP contribution in [0.4, 0.5) is 5.82 Å². The molecule has 0 spiro atoms. The average molecular weight is 489 g/mol. The second-order valence-corrected chi connectivity index (χ2v) is 10.8. The molecule has 0 bridgehead atoms. The highest BCUT2D eigenvalue weighted by atomic mass is 16.5. The molecule has 0 radical (unpaired) electrons. The van der Waals surface area contributed by atoms with E-state index < -0.39 is 6.10 Å². The Morgan fingerprint density at radius 3 is 2.25 bits per heavy atom. The lowest BCUT2D eigenvalue weighted by molar-refractivity contribution is -0.0563. The van der Waals surface area contributed by atoms with E-state index in [0.29, 0.717) is 13.2 Å². The molecule has 4 rings (SSSR count). The van der Waals surface area contributed by atoms with Gasteiger partial charge in [-0.2, -0.15) is 0 Å². The van der Waals surface area contributed by atoms with E-state index in [1.165, 1.54) is 16.7 Å². The first-order valence-electron chi connectivity index (χ1n) is 13.0. The lowest BCUT2D eigenvalue weighted by atomic mass is 9.99. The Morgan fingerprint density at radius 1 is 0.917 bits per heavy atom. The Balaban J connectivity index is 1.54. The van der Waals surface area contributed by atoms with Crippen LogP contribution in [0, 0.1) is 13.8 Å². The number of aliphatic hydroxyl groups excluding tert-OH is 1. The van der Waals surface area contributed by atoms with Gasteiger partial charge in [0, 0.05) is 56.0 Å². The van der Waals surface area contributed by atoms with Gasteiger partial charge in [-0.25, -0.2) is 9.97 Å². The largest absolute Gasteiger partial charge is 0.389 e. The molecule has 0 saturated carbocycles. The third-order valence-electron chi connectivity index (χ3n) is 6.70. The second-order valence-electron chi connectivity index (χ2n) is 10.8. The number of β-amino-alcohol motifs (C(OH)–C–C–N with tert-alkyl or cyclic N) is 1. The maximum absolute atomic E-state index is 10.5. The summed E-state index contributed by atoms with van der Waals surface area (Å²) in [5.41, 5.74) is 5.60. The normalized spacial score (nSPS) is 15.8. The van der Waals surface area contributed by atoms with Crippen LogP contribution in [0.1, 0.15) is 43.2 Å². The molecule has 1 fully saturated rings. The first-order chi connectivity index (χ1) is 17.2. The predicted octanol–water partition coefficient (Wildman–Crippen LogP) is 4.65. The Morgan fingerprint density at radius 2 is 1.58 bits per heavy atom. The van der Waals surface area contributed by atoms with Crippen molar-refractivity contribution < 1.29 is 9.84 Å². The van der Waals surface area contributed by atoms with Gasteiger partial charge in [0.1, 0.15) is 5.82 Å². The molecule has 1 N–H and O–H groups in total. The van der Waals surface area contributed by atoms with Gasteiger partial charge >= 0.3 is 0 Å². The number of anilines is 1. The highest BCUT2D eigenvalue weighted by Crippen LogP contribution is 2.29. The highest BCUT2D eigenvalue weighted by Gasteiger charge is 2.25. The molecule has 1 aromatic heterocycles. The zero-order valence-corrected chi connectivity index (χ0v) is 22.4. The van der Waals surface area contributed by atoms with E-state index in [1.54, 1.807) is 0 Å². The number of rotatable bonds is 8. The lowest BCUT2D eigenvalue weighted by Gasteiger charge is -2.37. The van der Waals surface area contributed by atoms with Crippen LogP contribution >= 0.6 is 0 Å². The summed E-state index contributed by atoms with van der Waals surface area (Å²) in [6.07, 6.45) is 0.324. The summed E-state index contributed by atoms with van der Waals surface area (Å²) in [6.45, 7) is 14.8. The number of ether oxygens (including phenoxy) is 1. The van der Waals surface area contributed by atoms with Gasteiger partial charge in [-0.1, -0.05) is 54.6 Å². The van der Waals surface area contributed by atoms with Gasteiger partial charge in [-0.15, -0.1) is 0 Å². The summed E-state index contributed by atoms with van der Waals surface area (Å²) < 4.78 is 5.77. The minimum atomic E-state index is -0.488. The monoisotopic (exact) mass is 488 g/mol. The van der Waals surface area contributed by atoms with Crippen molar-refractivity contribution in [3.05, 3.63) is 77.0 Å². The van der Waals surface area contributed by atoms with Crippen LogP contribution in [-0.2, 0) is 11.2 Å². The first kappa shape index (κ1) is 26.3. The van der Waals surface area contributed by atoms with Crippen LogP contribution in [0.2, 0.25) is 0 Å². The summed E-state index contributed by atoms with van der Waals surface area (Å²) in [7, 11) is 0. The lowest BCUT2D eigenvalue weighted by Crippen LogP contribution is -2.50. The van der Waals surface area contributed by atoms with E-state index in [2.05, 4.69) is 60.0 Å². The van der Waals surface area contributed by atoms with Crippen molar-refractivity contribution in [1.29, 1.82) is 0 Å². The number of piperazine rings is 1. The van der Waals surface area contributed by atoms with Crippen LogP contribution in [0.25, 0.3) is 11.4 Å². The summed E-state index contributed by atoms with van der Waals surface area (Å²) in [6, 6.07) is 18.8. The van der Waals surface area contributed by atoms with Crippen molar-refractivity contribution in [2.24, 2.45) is 0 Å². The molecule has 6 heteroatoms. The van der Waals surface area contributed by atoms with Gasteiger partial charge in [-0.3, -0.25) is 4.90 Å². The number of nitrogens with zero attached hydrogens (tertiary/aromatic N) is 4. The van der Waals surface area contributed by atoms with E-state index in [0.717, 1.165) is 55.5 Å². The van der Waals surface area contributed by atoms with Gasteiger partial charge in [0.05, 0.1) is 18.3 Å². The fourth-order valence-corrected chi connectivity index (χ4v) is 4.60. The molecule has 1 saturated heterocycles. The standard InChI is InChI=1S/C30H40N4O2/c1-22-11-9-10-14-25(22)19-27-23(2)31-28(24-12-7-6-8-13-24)32-29(27)34-17-15-33(16-18-34)20-26(35)21-36-30(3,4)5/h6-14,26,35H,15-21H2,1-5H3/t26-/m1/s1. The van der Waals surface area contributed by atoms with Crippen LogP contribution in [0.5, 0.6) is 0 Å². The third-order valence-corrected chi connectivity index (χ3v) is 6.70. The zero-order valence-electron chi connectivity index (χ0n) is 22.4. The van der Waals surface area contributed by atoms with Crippen molar-refractivity contribution in [2.75, 3.05) is 44.2 Å². The van der Waals surface area contributed by atoms with Crippen LogP contribution < -0.4 is 4.90 Å². The van der Waals surface area contributed by atoms with Crippen LogP contribution in [0.15, 0.2) is 54.6 Å². The quantitative estimate of drug-likeness (QED) is 0.498. The Labute approximate surface area is 216 Å². The number of aliphatic hydroxyl groups is 1. The topological polar surface area (TPSA) is 61.7 Å². The van der Waals surface area contributed by atoms with E-state index in [-0.39, 0.29) is 5.60 Å². The van der Waals surface area contributed by atoms with Crippen LogP contribution in [0.3, 0.4) is 0 Å².